The molecule has 0 unspecified atom stereocenters. The van der Waals surface area contributed by atoms with Gasteiger partial charge in [-0.2, -0.15) is 0 Å². The van der Waals surface area contributed by atoms with Crippen molar-refractivity contribution in [1.29, 1.82) is 0 Å². The Morgan fingerprint density at radius 1 is 1.62 bits per heavy atom. The maximum atomic E-state index is 11.9. The second kappa shape index (κ2) is 5.25. The summed E-state index contributed by atoms with van der Waals surface area (Å²) in [6, 6.07) is 3.93. The zero-order valence-corrected chi connectivity index (χ0v) is 9.91. The van der Waals surface area contributed by atoms with Crippen molar-refractivity contribution in [3.05, 3.63) is 22.4 Å². The van der Waals surface area contributed by atoms with Crippen molar-refractivity contribution in [1.82, 2.24) is 4.90 Å². The number of hydrogen-bond acceptors (Lipinski definition) is 3. The molecule has 0 spiro atoms. The third kappa shape index (κ3) is 2.70. The highest BCUT2D eigenvalue weighted by Crippen LogP contribution is 2.17. The van der Waals surface area contributed by atoms with E-state index < -0.39 is 0 Å². The Morgan fingerprint density at radius 3 is 3.19 bits per heavy atom. The van der Waals surface area contributed by atoms with Crippen molar-refractivity contribution in [2.75, 3.05) is 13.1 Å². The summed E-state index contributed by atoms with van der Waals surface area (Å²) in [5.74, 6) is 0.190. The van der Waals surface area contributed by atoms with E-state index in [0.29, 0.717) is 13.0 Å². The van der Waals surface area contributed by atoms with E-state index >= 15 is 0 Å². The molecule has 0 N–H and O–H groups in total. The first-order chi connectivity index (χ1) is 7.79. The molecule has 1 amide bonds. The summed E-state index contributed by atoms with van der Waals surface area (Å²) >= 11 is 1.60. The van der Waals surface area contributed by atoms with Crippen LogP contribution < -0.4 is 0 Å². The number of carbonyl (C=O) groups is 2. The Bertz CT molecular complexity index is 361. The van der Waals surface area contributed by atoms with Gasteiger partial charge in [-0.1, -0.05) is 6.07 Å². The van der Waals surface area contributed by atoms with Crippen LogP contribution in [-0.4, -0.2) is 30.2 Å². The van der Waals surface area contributed by atoms with Crippen LogP contribution in [0.2, 0.25) is 0 Å². The van der Waals surface area contributed by atoms with Crippen molar-refractivity contribution in [2.45, 2.75) is 19.3 Å². The standard InChI is InChI=1S/C12H15NO2S/c14-9-10-3-1-5-13(8-10)12(15)7-11-4-2-6-16-11/h2,4,6,9-10H,1,3,5,7-8H2/t10-/m0/s1. The first-order valence-corrected chi connectivity index (χ1v) is 6.43. The van der Waals surface area contributed by atoms with E-state index in [2.05, 4.69) is 0 Å². The highest BCUT2D eigenvalue weighted by molar-refractivity contribution is 7.10. The maximum Gasteiger partial charge on any atom is 0.227 e. The van der Waals surface area contributed by atoms with Gasteiger partial charge in [-0.3, -0.25) is 4.79 Å². The molecule has 0 saturated carbocycles. The summed E-state index contributed by atoms with van der Waals surface area (Å²) in [5.41, 5.74) is 0. The van der Waals surface area contributed by atoms with E-state index in [1.807, 2.05) is 22.4 Å². The number of aldehydes is 1. The molecule has 1 aliphatic rings. The Labute approximate surface area is 99.1 Å². The molecule has 86 valence electrons. The minimum absolute atomic E-state index is 0.0426. The topological polar surface area (TPSA) is 37.4 Å². The maximum absolute atomic E-state index is 11.9. The fourth-order valence-electron chi connectivity index (χ4n) is 2.02. The highest BCUT2D eigenvalue weighted by Gasteiger charge is 2.23. The van der Waals surface area contributed by atoms with Gasteiger partial charge in [0.05, 0.1) is 6.42 Å². The Morgan fingerprint density at radius 2 is 2.50 bits per heavy atom. The summed E-state index contributed by atoms with van der Waals surface area (Å²) in [6.07, 6.45) is 3.32. The number of carbonyl (C=O) groups excluding carboxylic acids is 2. The number of hydrogen-bond donors (Lipinski definition) is 0. The number of likely N-dealkylation sites (tertiary alicyclic amines) is 1. The first kappa shape index (κ1) is 11.3. The van der Waals surface area contributed by atoms with Crippen LogP contribution in [0.1, 0.15) is 17.7 Å². The molecule has 1 saturated heterocycles. The van der Waals surface area contributed by atoms with Crippen molar-refractivity contribution >= 4 is 23.5 Å². The number of rotatable bonds is 3. The molecule has 0 bridgehead atoms. The molecular formula is C12H15NO2S. The van der Waals surface area contributed by atoms with Gasteiger partial charge in [0.2, 0.25) is 5.91 Å². The molecule has 2 heterocycles. The SMILES string of the molecule is O=C[C@H]1CCCN(C(=O)Cc2cccs2)C1. The largest absolute Gasteiger partial charge is 0.342 e. The van der Waals surface area contributed by atoms with Crippen molar-refractivity contribution < 1.29 is 9.59 Å². The van der Waals surface area contributed by atoms with E-state index in [1.165, 1.54) is 0 Å². The molecule has 1 aliphatic heterocycles. The van der Waals surface area contributed by atoms with E-state index in [0.717, 1.165) is 30.5 Å². The minimum atomic E-state index is 0.0426. The number of thiophene rings is 1. The van der Waals surface area contributed by atoms with Crippen molar-refractivity contribution in [3.8, 4) is 0 Å². The Kier molecular flexibility index (Phi) is 3.72. The fourth-order valence-corrected chi connectivity index (χ4v) is 2.72. The molecule has 1 fully saturated rings. The summed E-state index contributed by atoms with van der Waals surface area (Å²) in [4.78, 5) is 25.6. The van der Waals surface area contributed by atoms with Crippen molar-refractivity contribution in [3.63, 3.8) is 0 Å². The van der Waals surface area contributed by atoms with Gasteiger partial charge in [-0.05, 0) is 24.3 Å². The summed E-state index contributed by atoms with van der Waals surface area (Å²) in [5, 5.41) is 1.98. The minimum Gasteiger partial charge on any atom is -0.342 e. The molecular weight excluding hydrogens is 222 g/mol. The van der Waals surface area contributed by atoms with Crippen LogP contribution in [0.3, 0.4) is 0 Å². The zero-order chi connectivity index (χ0) is 11.4. The van der Waals surface area contributed by atoms with Crippen LogP contribution in [0.5, 0.6) is 0 Å². The second-order valence-electron chi connectivity index (χ2n) is 4.13. The molecule has 1 atom stereocenters. The normalized spacial score (nSPS) is 20.8. The average Bonchev–Trinajstić information content (AvgIpc) is 2.82. The molecule has 0 aromatic carbocycles. The van der Waals surface area contributed by atoms with E-state index in [1.54, 1.807) is 11.3 Å². The van der Waals surface area contributed by atoms with Gasteiger partial charge in [0.25, 0.3) is 0 Å². The monoisotopic (exact) mass is 237 g/mol. The zero-order valence-electron chi connectivity index (χ0n) is 9.09. The molecule has 16 heavy (non-hydrogen) atoms. The molecule has 1 aromatic heterocycles. The highest BCUT2D eigenvalue weighted by atomic mass is 32.1. The quantitative estimate of drug-likeness (QED) is 0.751. The third-order valence-corrected chi connectivity index (χ3v) is 3.78. The van der Waals surface area contributed by atoms with E-state index in [4.69, 9.17) is 0 Å². The summed E-state index contributed by atoms with van der Waals surface area (Å²) in [7, 11) is 0. The molecule has 0 radical (unpaired) electrons. The Hall–Kier alpha value is -1.16. The average molecular weight is 237 g/mol. The van der Waals surface area contributed by atoms with E-state index in [-0.39, 0.29) is 11.8 Å². The first-order valence-electron chi connectivity index (χ1n) is 5.55. The van der Waals surface area contributed by atoms with Crippen LogP contribution in [0, 0.1) is 5.92 Å². The van der Waals surface area contributed by atoms with Gasteiger partial charge in [-0.15, -0.1) is 11.3 Å². The molecule has 4 heteroatoms. The molecule has 0 aliphatic carbocycles. The number of nitrogens with zero attached hydrogens (tertiary/aromatic N) is 1. The summed E-state index contributed by atoms with van der Waals surface area (Å²) < 4.78 is 0. The predicted octanol–water partition coefficient (Wildman–Crippen LogP) is 1.73. The van der Waals surface area contributed by atoms with E-state index in [9.17, 15) is 9.59 Å². The molecule has 1 aromatic rings. The van der Waals surface area contributed by atoms with Crippen LogP contribution in [-0.2, 0) is 16.0 Å². The van der Waals surface area contributed by atoms with Crippen LogP contribution in [0.4, 0.5) is 0 Å². The summed E-state index contributed by atoms with van der Waals surface area (Å²) in [6.45, 7) is 1.41. The second-order valence-corrected chi connectivity index (χ2v) is 5.17. The van der Waals surface area contributed by atoms with Gasteiger partial charge >= 0.3 is 0 Å². The predicted molar refractivity (Wildman–Crippen MR) is 63.4 cm³/mol. The smallest absolute Gasteiger partial charge is 0.227 e. The lowest BCUT2D eigenvalue weighted by Crippen LogP contribution is -2.41. The van der Waals surface area contributed by atoms with Crippen LogP contribution >= 0.6 is 11.3 Å². The van der Waals surface area contributed by atoms with Gasteiger partial charge in [0.15, 0.2) is 0 Å². The Balaban J connectivity index is 1.91. The lowest BCUT2D eigenvalue weighted by molar-refractivity contribution is -0.132. The van der Waals surface area contributed by atoms with Gasteiger partial charge < -0.3 is 9.69 Å². The van der Waals surface area contributed by atoms with Gasteiger partial charge in [-0.25, -0.2) is 0 Å². The van der Waals surface area contributed by atoms with Gasteiger partial charge in [0.1, 0.15) is 6.29 Å². The molecule has 3 nitrogen and oxygen atoms in total. The van der Waals surface area contributed by atoms with Crippen LogP contribution in [0.15, 0.2) is 17.5 Å². The fraction of sp³-hybridized carbons (Fsp3) is 0.500. The lowest BCUT2D eigenvalue weighted by atomic mass is 9.99. The lowest BCUT2D eigenvalue weighted by Gasteiger charge is -2.30. The number of amides is 1. The van der Waals surface area contributed by atoms with Gasteiger partial charge in [0, 0.05) is 23.9 Å². The molecule has 2 rings (SSSR count). The number of piperidine rings is 1. The van der Waals surface area contributed by atoms with Crippen LogP contribution in [0.25, 0.3) is 0 Å². The van der Waals surface area contributed by atoms with Crippen molar-refractivity contribution in [2.24, 2.45) is 5.92 Å². The third-order valence-electron chi connectivity index (χ3n) is 2.91.